The summed E-state index contributed by atoms with van der Waals surface area (Å²) < 4.78 is 6.40. The Kier molecular flexibility index (Phi) is 7.14. The molecule has 3 nitrogen and oxygen atoms in total. The zero-order valence-electron chi connectivity index (χ0n) is 26.6. The first kappa shape index (κ1) is 28.6. The maximum Gasteiger partial charge on any atom is 0.160 e. The Morgan fingerprint density at radius 2 is 0.878 bits per heavy atom. The van der Waals surface area contributed by atoms with Gasteiger partial charge in [0.05, 0.1) is 11.4 Å². The van der Waals surface area contributed by atoms with E-state index < -0.39 is 0 Å². The Labute approximate surface area is 284 Å². The van der Waals surface area contributed by atoms with E-state index in [1.807, 2.05) is 36.4 Å². The third-order valence-corrected chi connectivity index (χ3v) is 9.10. The summed E-state index contributed by atoms with van der Waals surface area (Å²) in [7, 11) is 0. The molecule has 0 saturated heterocycles. The van der Waals surface area contributed by atoms with E-state index in [9.17, 15) is 0 Å². The van der Waals surface area contributed by atoms with E-state index >= 15 is 0 Å². The van der Waals surface area contributed by atoms with Crippen LogP contribution in [0, 0.1) is 0 Å². The van der Waals surface area contributed by atoms with Crippen molar-refractivity contribution in [1.29, 1.82) is 0 Å². The molecule has 9 aromatic rings. The lowest BCUT2D eigenvalue weighted by Gasteiger charge is -2.19. The molecule has 0 N–H and O–H groups in total. The van der Waals surface area contributed by atoms with Gasteiger partial charge in [-0.25, -0.2) is 9.97 Å². The summed E-state index contributed by atoms with van der Waals surface area (Å²) in [6.45, 7) is 0. The molecule has 3 heteroatoms. The van der Waals surface area contributed by atoms with Gasteiger partial charge in [0, 0.05) is 27.5 Å². The first-order valence-corrected chi connectivity index (χ1v) is 16.5. The molecule has 7 aromatic carbocycles. The number of hydrogen-bond donors (Lipinski definition) is 0. The Morgan fingerprint density at radius 3 is 1.59 bits per heavy atom. The molecule has 0 fully saturated rings. The highest BCUT2D eigenvalue weighted by Crippen LogP contribution is 2.45. The minimum absolute atomic E-state index is 0.686. The van der Waals surface area contributed by atoms with E-state index in [1.165, 1.54) is 0 Å². The van der Waals surface area contributed by atoms with E-state index in [2.05, 4.69) is 146 Å². The van der Waals surface area contributed by atoms with Crippen molar-refractivity contribution in [2.45, 2.75) is 0 Å². The molecule has 0 amide bonds. The average Bonchev–Trinajstić information content (AvgIpc) is 3.56. The van der Waals surface area contributed by atoms with E-state index in [-0.39, 0.29) is 0 Å². The third kappa shape index (κ3) is 5.38. The molecule has 0 atom stereocenters. The Hall–Kier alpha value is -6.58. The van der Waals surface area contributed by atoms with Crippen LogP contribution in [0.15, 0.2) is 186 Å². The summed E-state index contributed by atoms with van der Waals surface area (Å²) in [6.07, 6.45) is 0. The van der Waals surface area contributed by atoms with Crippen molar-refractivity contribution < 1.29 is 4.42 Å². The van der Waals surface area contributed by atoms with Crippen molar-refractivity contribution in [2.75, 3.05) is 0 Å². The van der Waals surface area contributed by atoms with E-state index in [4.69, 9.17) is 14.4 Å². The molecule has 0 aliphatic heterocycles. The Bertz CT molecular complexity index is 2520. The number of aromatic nitrogens is 2. The lowest BCUT2D eigenvalue weighted by Crippen LogP contribution is -1.99. The summed E-state index contributed by atoms with van der Waals surface area (Å²) in [6, 6.07) is 63.3. The number of fused-ring (bicyclic) bond motifs is 3. The van der Waals surface area contributed by atoms with Crippen molar-refractivity contribution in [3.8, 4) is 67.3 Å². The van der Waals surface area contributed by atoms with Crippen LogP contribution in [0.3, 0.4) is 0 Å². The van der Waals surface area contributed by atoms with Gasteiger partial charge < -0.3 is 4.42 Å². The zero-order valence-corrected chi connectivity index (χ0v) is 26.6. The van der Waals surface area contributed by atoms with E-state index in [0.29, 0.717) is 5.82 Å². The maximum absolute atomic E-state index is 6.40. The van der Waals surface area contributed by atoms with Gasteiger partial charge >= 0.3 is 0 Å². The van der Waals surface area contributed by atoms with Gasteiger partial charge in [0.25, 0.3) is 0 Å². The van der Waals surface area contributed by atoms with Crippen LogP contribution in [0.25, 0.3) is 89.2 Å². The van der Waals surface area contributed by atoms with Crippen LogP contribution < -0.4 is 0 Å². The van der Waals surface area contributed by atoms with Gasteiger partial charge in [0.2, 0.25) is 0 Å². The number of nitrogens with zero attached hydrogens (tertiary/aromatic N) is 2. The summed E-state index contributed by atoms with van der Waals surface area (Å²) in [4.78, 5) is 10.4. The highest BCUT2D eigenvalue weighted by molar-refractivity contribution is 6.07. The molecular formula is C46H30N2O. The predicted octanol–water partition coefficient (Wildman–Crippen LogP) is 12.4. The van der Waals surface area contributed by atoms with Gasteiger partial charge in [-0.2, -0.15) is 0 Å². The fourth-order valence-corrected chi connectivity index (χ4v) is 6.74. The normalized spacial score (nSPS) is 11.3. The minimum atomic E-state index is 0.686. The molecule has 0 saturated carbocycles. The first-order valence-electron chi connectivity index (χ1n) is 16.5. The number of furan rings is 1. The SMILES string of the molecule is c1ccc(-c2cc(-c3ccc4c(c3)oc3ccccc34)c(-c3ccccc3)c(-c3cc(-c4ccccc4)nc(-c4ccccc4)n3)c2)cc1. The van der Waals surface area contributed by atoms with Crippen LogP contribution in [0.4, 0.5) is 0 Å². The smallest absolute Gasteiger partial charge is 0.160 e. The van der Waals surface area contributed by atoms with Crippen molar-refractivity contribution >= 4 is 21.9 Å². The fourth-order valence-electron chi connectivity index (χ4n) is 6.74. The molecule has 2 aromatic heterocycles. The quantitative estimate of drug-likeness (QED) is 0.184. The van der Waals surface area contributed by atoms with Crippen LogP contribution >= 0.6 is 0 Å². The third-order valence-electron chi connectivity index (χ3n) is 9.10. The second-order valence-corrected chi connectivity index (χ2v) is 12.2. The molecule has 0 aliphatic carbocycles. The monoisotopic (exact) mass is 626 g/mol. The molecule has 49 heavy (non-hydrogen) atoms. The number of benzene rings is 7. The van der Waals surface area contributed by atoms with Crippen LogP contribution in [0.1, 0.15) is 0 Å². The number of rotatable bonds is 6. The molecule has 0 unspecified atom stereocenters. The second kappa shape index (κ2) is 12.2. The maximum atomic E-state index is 6.40. The van der Waals surface area contributed by atoms with Gasteiger partial charge in [0.1, 0.15) is 11.2 Å². The first-order chi connectivity index (χ1) is 24.3. The van der Waals surface area contributed by atoms with Crippen molar-refractivity contribution in [2.24, 2.45) is 0 Å². The fraction of sp³-hybridized carbons (Fsp3) is 0. The molecular weight excluding hydrogens is 597 g/mol. The highest BCUT2D eigenvalue weighted by atomic mass is 16.3. The largest absolute Gasteiger partial charge is 0.456 e. The van der Waals surface area contributed by atoms with Gasteiger partial charge in [-0.3, -0.25) is 0 Å². The summed E-state index contributed by atoms with van der Waals surface area (Å²) in [5, 5.41) is 2.23. The van der Waals surface area contributed by atoms with Crippen molar-refractivity contribution in [3.05, 3.63) is 182 Å². The minimum Gasteiger partial charge on any atom is -0.456 e. The van der Waals surface area contributed by atoms with Gasteiger partial charge in [-0.15, -0.1) is 0 Å². The molecule has 0 aliphatic rings. The topological polar surface area (TPSA) is 38.9 Å². The van der Waals surface area contributed by atoms with Gasteiger partial charge in [0.15, 0.2) is 5.82 Å². The molecule has 0 spiro atoms. The predicted molar refractivity (Wildman–Crippen MR) is 202 cm³/mol. The number of para-hydroxylation sites is 1. The van der Waals surface area contributed by atoms with Crippen LogP contribution in [-0.4, -0.2) is 9.97 Å². The lowest BCUT2D eigenvalue weighted by atomic mass is 9.85. The molecule has 2 heterocycles. The average molecular weight is 627 g/mol. The van der Waals surface area contributed by atoms with Gasteiger partial charge in [-0.1, -0.05) is 146 Å². The lowest BCUT2D eigenvalue weighted by molar-refractivity contribution is 0.669. The van der Waals surface area contributed by atoms with Crippen molar-refractivity contribution in [1.82, 2.24) is 9.97 Å². The van der Waals surface area contributed by atoms with E-state index in [0.717, 1.165) is 83.4 Å². The van der Waals surface area contributed by atoms with E-state index in [1.54, 1.807) is 0 Å². The summed E-state index contributed by atoms with van der Waals surface area (Å²) in [5.74, 6) is 0.686. The van der Waals surface area contributed by atoms with Crippen LogP contribution in [0.5, 0.6) is 0 Å². The Morgan fingerprint density at radius 1 is 0.327 bits per heavy atom. The standard InChI is InChI=1S/C46H30N2O/c1-5-15-31(16-6-1)36-27-39(35-25-26-38-37-23-13-14-24-43(37)49-44(38)29-35)45(33-19-9-3-10-20-33)40(28-36)42-30-41(32-17-7-2-8-18-32)47-46(48-42)34-21-11-4-12-22-34/h1-30H. The number of hydrogen-bond acceptors (Lipinski definition) is 3. The molecule has 230 valence electrons. The van der Waals surface area contributed by atoms with Crippen LogP contribution in [-0.2, 0) is 0 Å². The second-order valence-electron chi connectivity index (χ2n) is 12.2. The zero-order chi connectivity index (χ0) is 32.6. The summed E-state index contributed by atoms with van der Waals surface area (Å²) in [5.41, 5.74) is 13.2. The van der Waals surface area contributed by atoms with Gasteiger partial charge in [-0.05, 0) is 69.8 Å². The van der Waals surface area contributed by atoms with Crippen LogP contribution in [0.2, 0.25) is 0 Å². The highest BCUT2D eigenvalue weighted by Gasteiger charge is 2.21. The molecule has 0 radical (unpaired) electrons. The molecule has 9 rings (SSSR count). The Balaban J connectivity index is 1.37. The molecule has 0 bridgehead atoms. The van der Waals surface area contributed by atoms with Crippen molar-refractivity contribution in [3.63, 3.8) is 0 Å². The summed E-state index contributed by atoms with van der Waals surface area (Å²) >= 11 is 0.